The molecule has 1 saturated heterocycles. The molecule has 39 heavy (non-hydrogen) atoms. The van der Waals surface area contributed by atoms with E-state index >= 15 is 0 Å². The standard InChI is InChI=1S/C32H38N6O/c1-26-11-9-12-27(2)31(26)38-32(33-34-35-38)30(25-39-24-18-29-15-7-4-8-16-29)37-22-20-36(21-23-37)19-10-17-28-13-5-3-6-14-28/h3-17,30H,18-25H2,1-2H3. The molecule has 5 rings (SSSR count). The van der Waals surface area contributed by atoms with E-state index in [4.69, 9.17) is 4.74 Å². The van der Waals surface area contributed by atoms with Crippen LogP contribution < -0.4 is 0 Å². The number of hydrogen-bond donors (Lipinski definition) is 0. The van der Waals surface area contributed by atoms with Crippen LogP contribution >= 0.6 is 0 Å². The normalized spacial score (nSPS) is 15.6. The van der Waals surface area contributed by atoms with E-state index in [1.165, 1.54) is 11.1 Å². The Labute approximate surface area is 231 Å². The van der Waals surface area contributed by atoms with Gasteiger partial charge in [-0.1, -0.05) is 91.0 Å². The Balaban J connectivity index is 1.28. The zero-order valence-electron chi connectivity index (χ0n) is 23.0. The van der Waals surface area contributed by atoms with Gasteiger partial charge in [-0.15, -0.1) is 5.10 Å². The number of para-hydroxylation sites is 1. The Bertz CT molecular complexity index is 1310. The number of aryl methyl sites for hydroxylation is 2. The van der Waals surface area contributed by atoms with Crippen molar-refractivity contribution in [2.75, 3.05) is 45.9 Å². The van der Waals surface area contributed by atoms with Crippen LogP contribution in [0.15, 0.2) is 84.9 Å². The molecule has 0 amide bonds. The average molecular weight is 523 g/mol. The van der Waals surface area contributed by atoms with Crippen molar-refractivity contribution in [1.29, 1.82) is 0 Å². The monoisotopic (exact) mass is 522 g/mol. The lowest BCUT2D eigenvalue weighted by molar-refractivity contribution is 0.0297. The number of aromatic nitrogens is 4. The maximum absolute atomic E-state index is 6.29. The topological polar surface area (TPSA) is 59.3 Å². The molecule has 0 N–H and O–H groups in total. The fourth-order valence-corrected chi connectivity index (χ4v) is 5.23. The number of hydrogen-bond acceptors (Lipinski definition) is 6. The van der Waals surface area contributed by atoms with Crippen LogP contribution in [0.1, 0.15) is 34.1 Å². The number of rotatable bonds is 11. The Morgan fingerprint density at radius 2 is 1.54 bits per heavy atom. The molecular weight excluding hydrogens is 484 g/mol. The minimum atomic E-state index is -0.0307. The summed E-state index contributed by atoms with van der Waals surface area (Å²) in [7, 11) is 0. The zero-order chi connectivity index (χ0) is 26.9. The van der Waals surface area contributed by atoms with Crippen LogP contribution in [0, 0.1) is 13.8 Å². The van der Waals surface area contributed by atoms with Crippen molar-refractivity contribution in [2.45, 2.75) is 26.3 Å². The van der Waals surface area contributed by atoms with Gasteiger partial charge in [-0.3, -0.25) is 9.80 Å². The minimum absolute atomic E-state index is 0.0307. The van der Waals surface area contributed by atoms with Gasteiger partial charge in [0.15, 0.2) is 5.82 Å². The summed E-state index contributed by atoms with van der Waals surface area (Å²) < 4.78 is 8.21. The molecule has 7 heteroatoms. The lowest BCUT2D eigenvalue weighted by Gasteiger charge is -2.38. The van der Waals surface area contributed by atoms with Crippen LogP contribution in [-0.2, 0) is 11.2 Å². The smallest absolute Gasteiger partial charge is 0.176 e. The molecule has 0 aliphatic carbocycles. The summed E-state index contributed by atoms with van der Waals surface area (Å²) >= 11 is 0. The molecule has 0 spiro atoms. The zero-order valence-corrected chi connectivity index (χ0v) is 23.0. The molecule has 7 nitrogen and oxygen atoms in total. The second-order valence-corrected chi connectivity index (χ2v) is 10.2. The highest BCUT2D eigenvalue weighted by atomic mass is 16.5. The van der Waals surface area contributed by atoms with Gasteiger partial charge in [0.05, 0.1) is 24.9 Å². The van der Waals surface area contributed by atoms with Crippen molar-refractivity contribution < 1.29 is 4.74 Å². The van der Waals surface area contributed by atoms with Gasteiger partial charge in [0.25, 0.3) is 0 Å². The van der Waals surface area contributed by atoms with E-state index in [2.05, 4.69) is 124 Å². The summed E-state index contributed by atoms with van der Waals surface area (Å²) in [5, 5.41) is 13.1. The first-order valence-electron chi connectivity index (χ1n) is 13.8. The molecule has 1 aromatic heterocycles. The van der Waals surface area contributed by atoms with E-state index in [9.17, 15) is 0 Å². The van der Waals surface area contributed by atoms with Gasteiger partial charge in [-0.25, -0.2) is 0 Å². The van der Waals surface area contributed by atoms with Crippen LogP contribution in [0.3, 0.4) is 0 Å². The van der Waals surface area contributed by atoms with Crippen molar-refractivity contribution in [1.82, 2.24) is 30.0 Å². The number of tetrazole rings is 1. The highest BCUT2D eigenvalue weighted by Crippen LogP contribution is 2.26. The van der Waals surface area contributed by atoms with Gasteiger partial charge in [0, 0.05) is 32.7 Å². The van der Waals surface area contributed by atoms with Gasteiger partial charge in [0.2, 0.25) is 0 Å². The first-order valence-corrected chi connectivity index (χ1v) is 13.8. The van der Waals surface area contributed by atoms with E-state index in [1.54, 1.807) is 0 Å². The third kappa shape index (κ3) is 7.06. The van der Waals surface area contributed by atoms with Crippen LogP contribution in [0.2, 0.25) is 0 Å². The van der Waals surface area contributed by atoms with Crippen molar-refractivity contribution >= 4 is 6.08 Å². The Kier molecular flexibility index (Phi) is 9.27. The van der Waals surface area contributed by atoms with Crippen LogP contribution in [0.25, 0.3) is 11.8 Å². The molecule has 0 saturated carbocycles. The predicted octanol–water partition coefficient (Wildman–Crippen LogP) is 4.91. The van der Waals surface area contributed by atoms with Gasteiger partial charge < -0.3 is 4.74 Å². The van der Waals surface area contributed by atoms with Crippen molar-refractivity contribution in [3.8, 4) is 5.69 Å². The molecule has 1 fully saturated rings. The van der Waals surface area contributed by atoms with Crippen molar-refractivity contribution in [3.05, 3.63) is 113 Å². The SMILES string of the molecule is Cc1cccc(C)c1-n1nnnc1C(COCCc1ccccc1)N1CCN(CC=Cc2ccccc2)CC1. The molecule has 1 aliphatic rings. The Morgan fingerprint density at radius 3 is 2.26 bits per heavy atom. The largest absolute Gasteiger partial charge is 0.379 e. The fraction of sp³-hybridized carbons (Fsp3) is 0.344. The highest BCUT2D eigenvalue weighted by molar-refractivity contribution is 5.49. The quantitative estimate of drug-likeness (QED) is 0.261. The fourth-order valence-electron chi connectivity index (χ4n) is 5.23. The lowest BCUT2D eigenvalue weighted by atomic mass is 10.1. The summed E-state index contributed by atoms with van der Waals surface area (Å²) in [6, 6.07) is 27.2. The maximum atomic E-state index is 6.29. The molecule has 4 aromatic rings. The van der Waals surface area contributed by atoms with Crippen molar-refractivity contribution in [2.24, 2.45) is 0 Å². The van der Waals surface area contributed by atoms with E-state index in [-0.39, 0.29) is 6.04 Å². The van der Waals surface area contributed by atoms with E-state index in [0.717, 1.165) is 61.8 Å². The highest BCUT2D eigenvalue weighted by Gasteiger charge is 2.30. The second-order valence-electron chi connectivity index (χ2n) is 10.2. The van der Waals surface area contributed by atoms with Gasteiger partial charge in [-0.05, 0) is 52.9 Å². The lowest BCUT2D eigenvalue weighted by Crippen LogP contribution is -2.49. The number of piperazine rings is 1. The average Bonchev–Trinajstić information content (AvgIpc) is 3.44. The molecule has 202 valence electrons. The van der Waals surface area contributed by atoms with Crippen LogP contribution in [0.4, 0.5) is 0 Å². The first kappa shape index (κ1) is 26.9. The second kappa shape index (κ2) is 13.4. The molecule has 0 bridgehead atoms. The van der Waals surface area contributed by atoms with Gasteiger partial charge in [-0.2, -0.15) is 4.68 Å². The summed E-state index contributed by atoms with van der Waals surface area (Å²) in [5.74, 6) is 0.838. The third-order valence-electron chi connectivity index (χ3n) is 7.42. The Morgan fingerprint density at radius 1 is 0.846 bits per heavy atom. The first-order chi connectivity index (χ1) is 19.2. The van der Waals surface area contributed by atoms with Gasteiger partial charge >= 0.3 is 0 Å². The number of benzene rings is 3. The van der Waals surface area contributed by atoms with Crippen molar-refractivity contribution in [3.63, 3.8) is 0 Å². The third-order valence-corrected chi connectivity index (χ3v) is 7.42. The molecule has 1 unspecified atom stereocenters. The Hall–Kier alpha value is -3.65. The number of nitrogens with zero attached hydrogens (tertiary/aromatic N) is 6. The van der Waals surface area contributed by atoms with Gasteiger partial charge in [0.1, 0.15) is 0 Å². The molecule has 2 heterocycles. The number of ether oxygens (including phenoxy) is 1. The van der Waals surface area contributed by atoms with E-state index < -0.39 is 0 Å². The molecule has 3 aromatic carbocycles. The summed E-state index contributed by atoms with van der Waals surface area (Å²) in [6.07, 6.45) is 5.35. The molecule has 0 radical (unpaired) electrons. The summed E-state index contributed by atoms with van der Waals surface area (Å²) in [4.78, 5) is 4.98. The van der Waals surface area contributed by atoms with E-state index in [1.807, 2.05) is 10.7 Å². The molecule has 1 atom stereocenters. The molecule has 1 aliphatic heterocycles. The van der Waals surface area contributed by atoms with E-state index in [0.29, 0.717) is 13.2 Å². The predicted molar refractivity (Wildman–Crippen MR) is 156 cm³/mol. The summed E-state index contributed by atoms with van der Waals surface area (Å²) in [6.45, 7) is 10.2. The van der Waals surface area contributed by atoms with Crippen LogP contribution in [-0.4, -0.2) is 75.9 Å². The minimum Gasteiger partial charge on any atom is -0.379 e. The van der Waals surface area contributed by atoms with Crippen LogP contribution in [0.5, 0.6) is 0 Å². The summed E-state index contributed by atoms with van der Waals surface area (Å²) in [5.41, 5.74) is 5.88. The maximum Gasteiger partial charge on any atom is 0.176 e. The molecular formula is C32H38N6O.